The SMILES string of the molecule is O=C(Oc1ccc(Cl)cc1Cl)c1cccc(N2C(=O)[C@H]3CC[C@H](c4ccccc4)C[C@H]3C2=O)c1. The van der Waals surface area contributed by atoms with Gasteiger partial charge < -0.3 is 4.74 Å². The van der Waals surface area contributed by atoms with Gasteiger partial charge in [0.1, 0.15) is 5.75 Å². The van der Waals surface area contributed by atoms with E-state index in [1.165, 1.54) is 28.7 Å². The van der Waals surface area contributed by atoms with Crippen LogP contribution in [0.3, 0.4) is 0 Å². The Hall–Kier alpha value is -3.15. The number of rotatable bonds is 4. The number of anilines is 1. The molecule has 34 heavy (non-hydrogen) atoms. The van der Waals surface area contributed by atoms with Gasteiger partial charge in [0.25, 0.3) is 0 Å². The van der Waals surface area contributed by atoms with Gasteiger partial charge in [0.2, 0.25) is 11.8 Å². The molecule has 0 unspecified atom stereocenters. The quantitative estimate of drug-likeness (QED) is 0.243. The molecule has 172 valence electrons. The third-order valence-corrected chi connectivity index (χ3v) is 7.16. The van der Waals surface area contributed by atoms with E-state index < -0.39 is 5.97 Å². The minimum absolute atomic E-state index is 0.174. The summed E-state index contributed by atoms with van der Waals surface area (Å²) in [5, 5.41) is 0.632. The van der Waals surface area contributed by atoms with E-state index >= 15 is 0 Å². The average molecular weight is 494 g/mol. The zero-order valence-electron chi connectivity index (χ0n) is 18.1. The largest absolute Gasteiger partial charge is 0.421 e. The number of halogens is 2. The molecule has 0 aromatic heterocycles. The van der Waals surface area contributed by atoms with Crippen LogP contribution in [0, 0.1) is 11.8 Å². The molecule has 3 aromatic carbocycles. The predicted octanol–water partition coefficient (Wildman–Crippen LogP) is 6.29. The Balaban J connectivity index is 1.36. The van der Waals surface area contributed by atoms with Crippen molar-refractivity contribution in [1.29, 1.82) is 0 Å². The number of hydrogen-bond acceptors (Lipinski definition) is 4. The van der Waals surface area contributed by atoms with E-state index in [4.69, 9.17) is 27.9 Å². The number of esters is 1. The predicted molar refractivity (Wildman–Crippen MR) is 130 cm³/mol. The third-order valence-electron chi connectivity index (χ3n) is 6.63. The molecule has 5 rings (SSSR count). The van der Waals surface area contributed by atoms with Gasteiger partial charge in [-0.1, -0.05) is 59.6 Å². The first-order valence-corrected chi connectivity index (χ1v) is 11.9. The molecule has 1 saturated carbocycles. The number of benzene rings is 3. The summed E-state index contributed by atoms with van der Waals surface area (Å²) in [5.41, 5.74) is 1.78. The fourth-order valence-electron chi connectivity index (χ4n) is 4.95. The highest BCUT2D eigenvalue weighted by Gasteiger charge is 2.50. The Morgan fingerprint density at radius 1 is 0.853 bits per heavy atom. The van der Waals surface area contributed by atoms with Gasteiger partial charge in [-0.15, -0.1) is 0 Å². The van der Waals surface area contributed by atoms with E-state index in [2.05, 4.69) is 12.1 Å². The Morgan fingerprint density at radius 3 is 2.38 bits per heavy atom. The molecule has 1 aliphatic heterocycles. The minimum atomic E-state index is -0.647. The third kappa shape index (κ3) is 4.22. The van der Waals surface area contributed by atoms with E-state index in [1.807, 2.05) is 18.2 Å². The second-order valence-corrected chi connectivity index (χ2v) is 9.50. The Bertz CT molecular complexity index is 1280. The minimum Gasteiger partial charge on any atom is -0.421 e. The van der Waals surface area contributed by atoms with Gasteiger partial charge in [0.15, 0.2) is 0 Å². The van der Waals surface area contributed by atoms with Gasteiger partial charge >= 0.3 is 5.97 Å². The number of ether oxygens (including phenoxy) is 1. The molecular formula is C27H21Cl2NO4. The standard InChI is InChI=1S/C27H21Cl2NO4/c28-19-10-12-24(23(29)15-19)34-27(33)18-7-4-8-20(13-18)30-25(31)21-11-9-17(14-22(21)26(30)32)16-5-2-1-3-6-16/h1-8,10,12-13,15,17,21-22H,9,11,14H2/t17-,21-,22+/m0/s1. The van der Waals surface area contributed by atoms with Crippen LogP contribution in [0.1, 0.15) is 41.1 Å². The molecule has 0 N–H and O–H groups in total. The summed E-state index contributed by atoms with van der Waals surface area (Å²) in [4.78, 5) is 40.5. The summed E-state index contributed by atoms with van der Waals surface area (Å²) in [6.07, 6.45) is 2.18. The second kappa shape index (κ2) is 9.24. The number of nitrogens with zero attached hydrogens (tertiary/aromatic N) is 1. The summed E-state index contributed by atoms with van der Waals surface area (Å²) in [6, 6.07) is 21.0. The smallest absolute Gasteiger partial charge is 0.343 e. The molecule has 1 aliphatic carbocycles. The molecule has 2 amide bonds. The molecule has 1 saturated heterocycles. The van der Waals surface area contributed by atoms with Crippen molar-refractivity contribution in [3.8, 4) is 5.75 Å². The maximum atomic E-state index is 13.3. The molecule has 2 fully saturated rings. The van der Waals surface area contributed by atoms with Crippen LogP contribution >= 0.6 is 23.2 Å². The number of carbonyl (C=O) groups excluding carboxylic acids is 3. The van der Waals surface area contributed by atoms with E-state index in [0.29, 0.717) is 23.6 Å². The van der Waals surface area contributed by atoms with E-state index in [9.17, 15) is 14.4 Å². The maximum absolute atomic E-state index is 13.3. The highest BCUT2D eigenvalue weighted by atomic mass is 35.5. The lowest BCUT2D eigenvalue weighted by molar-refractivity contribution is -0.122. The van der Waals surface area contributed by atoms with Gasteiger partial charge in [0.05, 0.1) is 28.1 Å². The average Bonchev–Trinajstić information content (AvgIpc) is 3.10. The molecule has 5 nitrogen and oxygen atoms in total. The van der Waals surface area contributed by atoms with Crippen molar-refractivity contribution >= 4 is 46.7 Å². The first-order chi connectivity index (χ1) is 16.4. The van der Waals surface area contributed by atoms with Gasteiger partial charge in [-0.05, 0) is 67.1 Å². The molecule has 7 heteroatoms. The Kier molecular flexibility index (Phi) is 6.15. The molecule has 1 heterocycles. The van der Waals surface area contributed by atoms with Crippen LogP contribution in [0.25, 0.3) is 0 Å². The van der Waals surface area contributed by atoms with Crippen LogP contribution in [0.4, 0.5) is 5.69 Å². The van der Waals surface area contributed by atoms with Crippen molar-refractivity contribution < 1.29 is 19.1 Å². The summed E-state index contributed by atoms with van der Waals surface area (Å²) in [7, 11) is 0. The van der Waals surface area contributed by atoms with E-state index in [0.717, 1.165) is 6.42 Å². The monoisotopic (exact) mass is 493 g/mol. The van der Waals surface area contributed by atoms with Gasteiger partial charge in [-0.25, -0.2) is 4.79 Å². The number of carbonyl (C=O) groups is 3. The van der Waals surface area contributed by atoms with E-state index in [-0.39, 0.29) is 45.9 Å². The van der Waals surface area contributed by atoms with Crippen LogP contribution in [0.15, 0.2) is 72.8 Å². The van der Waals surface area contributed by atoms with Crippen molar-refractivity contribution in [3.63, 3.8) is 0 Å². The highest BCUT2D eigenvalue weighted by molar-refractivity contribution is 6.35. The fourth-order valence-corrected chi connectivity index (χ4v) is 5.40. The van der Waals surface area contributed by atoms with Crippen LogP contribution < -0.4 is 9.64 Å². The van der Waals surface area contributed by atoms with Crippen LogP contribution in [0.5, 0.6) is 5.75 Å². The lowest BCUT2D eigenvalue weighted by Gasteiger charge is -2.28. The van der Waals surface area contributed by atoms with Crippen molar-refractivity contribution in [3.05, 3.63) is 94.0 Å². The fraction of sp³-hybridized carbons (Fsp3) is 0.222. The normalized spacial score (nSPS) is 21.9. The zero-order valence-corrected chi connectivity index (χ0v) is 19.6. The number of hydrogen-bond donors (Lipinski definition) is 0. The molecule has 3 atom stereocenters. The van der Waals surface area contributed by atoms with Crippen LogP contribution in [-0.2, 0) is 9.59 Å². The van der Waals surface area contributed by atoms with Gasteiger partial charge in [0, 0.05) is 5.02 Å². The first kappa shape index (κ1) is 22.6. The second-order valence-electron chi connectivity index (χ2n) is 8.66. The summed E-state index contributed by atoms with van der Waals surface area (Å²) < 4.78 is 5.40. The molecule has 3 aromatic rings. The van der Waals surface area contributed by atoms with Crippen molar-refractivity contribution in [1.82, 2.24) is 0 Å². The molecule has 0 bridgehead atoms. The molecule has 0 spiro atoms. The zero-order chi connectivity index (χ0) is 23.8. The van der Waals surface area contributed by atoms with Gasteiger partial charge in [-0.3, -0.25) is 14.5 Å². The summed E-state index contributed by atoms with van der Waals surface area (Å²) in [6.45, 7) is 0. The van der Waals surface area contributed by atoms with Gasteiger partial charge in [-0.2, -0.15) is 0 Å². The first-order valence-electron chi connectivity index (χ1n) is 11.1. The Morgan fingerprint density at radius 2 is 1.62 bits per heavy atom. The van der Waals surface area contributed by atoms with Crippen molar-refractivity contribution in [2.24, 2.45) is 11.8 Å². The van der Waals surface area contributed by atoms with Crippen molar-refractivity contribution in [2.45, 2.75) is 25.2 Å². The summed E-state index contributed by atoms with van der Waals surface area (Å²) >= 11 is 12.0. The maximum Gasteiger partial charge on any atom is 0.343 e. The number of imide groups is 1. The molecule has 0 radical (unpaired) electrons. The molecular weight excluding hydrogens is 473 g/mol. The Labute approximate surface area is 207 Å². The summed E-state index contributed by atoms with van der Waals surface area (Å²) in [5.74, 6) is -1.30. The lowest BCUT2D eigenvalue weighted by Crippen LogP contribution is -2.31. The topological polar surface area (TPSA) is 63.7 Å². The lowest BCUT2D eigenvalue weighted by atomic mass is 9.73. The van der Waals surface area contributed by atoms with E-state index in [1.54, 1.807) is 24.3 Å². The highest BCUT2D eigenvalue weighted by Crippen LogP contribution is 2.45. The van der Waals surface area contributed by atoms with Crippen LogP contribution in [0.2, 0.25) is 10.0 Å². The molecule has 2 aliphatic rings. The van der Waals surface area contributed by atoms with Crippen molar-refractivity contribution in [2.75, 3.05) is 4.90 Å². The number of fused-ring (bicyclic) bond motifs is 1. The number of amides is 2. The van der Waals surface area contributed by atoms with Crippen LogP contribution in [-0.4, -0.2) is 17.8 Å².